The van der Waals surface area contributed by atoms with E-state index in [1.807, 2.05) is 36.2 Å². The van der Waals surface area contributed by atoms with Crippen molar-refractivity contribution >= 4 is 17.2 Å². The molecule has 1 aromatic heterocycles. The number of nitrogens with zero attached hydrogens (tertiary/aromatic N) is 1. The Morgan fingerprint density at radius 1 is 1.35 bits per heavy atom. The first-order valence-electron chi connectivity index (χ1n) is 7.52. The summed E-state index contributed by atoms with van der Waals surface area (Å²) in [5.74, 6) is 1.50. The predicted molar refractivity (Wildman–Crippen MR) is 89.8 cm³/mol. The second-order valence-corrected chi connectivity index (χ2v) is 6.55. The second kappa shape index (κ2) is 7.02. The van der Waals surface area contributed by atoms with E-state index in [-0.39, 0.29) is 18.7 Å². The van der Waals surface area contributed by atoms with E-state index in [9.17, 15) is 4.79 Å². The smallest absolute Gasteiger partial charge is 0.234 e. The summed E-state index contributed by atoms with van der Waals surface area (Å²) in [7, 11) is 1.96. The molecule has 0 spiro atoms. The van der Waals surface area contributed by atoms with E-state index in [0.29, 0.717) is 13.1 Å². The number of carbonyl (C=O) groups excluding carboxylic acids is 1. The van der Waals surface area contributed by atoms with Gasteiger partial charge in [0.15, 0.2) is 11.5 Å². The standard InChI is InChI=1S/C17H20N2O3S/c1-12(16-4-3-7-23-16)19(2)10-17(20)18-9-13-5-6-14-15(8-13)22-11-21-14/h3-8,12H,9-11H2,1-2H3,(H,18,20). The molecule has 1 aliphatic heterocycles. The van der Waals surface area contributed by atoms with Crippen LogP contribution in [0.2, 0.25) is 0 Å². The fourth-order valence-corrected chi connectivity index (χ4v) is 3.27. The molecular weight excluding hydrogens is 312 g/mol. The van der Waals surface area contributed by atoms with Crippen LogP contribution >= 0.6 is 11.3 Å². The minimum atomic E-state index is 0.00794. The summed E-state index contributed by atoms with van der Waals surface area (Å²) in [5, 5.41) is 5.00. The third kappa shape index (κ3) is 3.83. The Morgan fingerprint density at radius 3 is 2.96 bits per heavy atom. The monoisotopic (exact) mass is 332 g/mol. The van der Waals surface area contributed by atoms with Gasteiger partial charge in [-0.2, -0.15) is 0 Å². The molecule has 1 atom stereocenters. The number of carbonyl (C=O) groups is 1. The highest BCUT2D eigenvalue weighted by Crippen LogP contribution is 2.32. The SMILES string of the molecule is CC(c1cccs1)N(C)CC(=O)NCc1ccc2c(c1)OCO2. The van der Waals surface area contributed by atoms with Crippen molar-refractivity contribution in [2.75, 3.05) is 20.4 Å². The number of likely N-dealkylation sites (N-methyl/N-ethyl adjacent to an activating group) is 1. The summed E-state index contributed by atoms with van der Waals surface area (Å²) in [6, 6.07) is 10.1. The molecule has 6 heteroatoms. The van der Waals surface area contributed by atoms with Crippen molar-refractivity contribution in [3.63, 3.8) is 0 Å². The van der Waals surface area contributed by atoms with Gasteiger partial charge in [0, 0.05) is 17.5 Å². The van der Waals surface area contributed by atoms with Crippen molar-refractivity contribution in [1.29, 1.82) is 0 Å². The van der Waals surface area contributed by atoms with Crippen LogP contribution in [0.4, 0.5) is 0 Å². The Balaban J connectivity index is 1.49. The van der Waals surface area contributed by atoms with Gasteiger partial charge in [-0.05, 0) is 43.1 Å². The molecule has 1 amide bonds. The van der Waals surface area contributed by atoms with Crippen molar-refractivity contribution in [2.24, 2.45) is 0 Å². The summed E-state index contributed by atoms with van der Waals surface area (Å²) in [5.41, 5.74) is 0.997. The fourth-order valence-electron chi connectivity index (χ4n) is 2.42. The molecule has 2 aromatic rings. The number of benzene rings is 1. The molecule has 1 aliphatic rings. The van der Waals surface area contributed by atoms with Gasteiger partial charge in [0.05, 0.1) is 6.54 Å². The second-order valence-electron chi connectivity index (χ2n) is 5.57. The fraction of sp³-hybridized carbons (Fsp3) is 0.353. The van der Waals surface area contributed by atoms with Gasteiger partial charge < -0.3 is 14.8 Å². The molecular formula is C17H20N2O3S. The lowest BCUT2D eigenvalue weighted by atomic mass is 10.2. The van der Waals surface area contributed by atoms with Gasteiger partial charge in [0.1, 0.15) is 0 Å². The zero-order valence-electron chi connectivity index (χ0n) is 13.2. The average Bonchev–Trinajstić information content (AvgIpc) is 3.22. The van der Waals surface area contributed by atoms with Crippen LogP contribution in [0, 0.1) is 0 Å². The molecule has 1 unspecified atom stereocenters. The van der Waals surface area contributed by atoms with Crippen LogP contribution in [0.5, 0.6) is 11.5 Å². The van der Waals surface area contributed by atoms with Crippen molar-refractivity contribution in [3.05, 3.63) is 46.2 Å². The van der Waals surface area contributed by atoms with E-state index in [1.54, 1.807) is 11.3 Å². The van der Waals surface area contributed by atoms with E-state index in [2.05, 4.69) is 23.7 Å². The van der Waals surface area contributed by atoms with Gasteiger partial charge in [0.2, 0.25) is 12.7 Å². The third-order valence-corrected chi connectivity index (χ3v) is 4.98. The lowest BCUT2D eigenvalue weighted by Crippen LogP contribution is -2.35. The molecule has 0 radical (unpaired) electrons. The highest BCUT2D eigenvalue weighted by molar-refractivity contribution is 7.10. The summed E-state index contributed by atoms with van der Waals surface area (Å²) in [6.07, 6.45) is 0. The van der Waals surface area contributed by atoms with Crippen LogP contribution in [0.3, 0.4) is 0 Å². The molecule has 23 heavy (non-hydrogen) atoms. The quantitative estimate of drug-likeness (QED) is 0.884. The zero-order valence-corrected chi connectivity index (χ0v) is 14.1. The largest absolute Gasteiger partial charge is 0.454 e. The Kier molecular flexibility index (Phi) is 4.83. The maximum Gasteiger partial charge on any atom is 0.234 e. The van der Waals surface area contributed by atoms with Gasteiger partial charge in [-0.1, -0.05) is 12.1 Å². The maximum atomic E-state index is 12.1. The molecule has 1 aromatic carbocycles. The number of hydrogen-bond acceptors (Lipinski definition) is 5. The van der Waals surface area contributed by atoms with Crippen LogP contribution in [0.1, 0.15) is 23.4 Å². The normalized spacial score (nSPS) is 14.0. The summed E-state index contributed by atoms with van der Waals surface area (Å²) in [4.78, 5) is 15.4. The lowest BCUT2D eigenvalue weighted by Gasteiger charge is -2.23. The first kappa shape index (κ1) is 15.8. The number of ether oxygens (including phenoxy) is 2. The third-order valence-electron chi connectivity index (χ3n) is 3.94. The maximum absolute atomic E-state index is 12.1. The summed E-state index contributed by atoms with van der Waals surface area (Å²) < 4.78 is 10.6. The molecule has 0 bridgehead atoms. The lowest BCUT2D eigenvalue weighted by molar-refractivity contribution is -0.122. The highest BCUT2D eigenvalue weighted by Gasteiger charge is 2.16. The minimum absolute atomic E-state index is 0.00794. The Labute approximate surface area is 139 Å². The highest BCUT2D eigenvalue weighted by atomic mass is 32.1. The molecule has 122 valence electrons. The number of hydrogen-bond donors (Lipinski definition) is 1. The van der Waals surface area contributed by atoms with Crippen molar-refractivity contribution in [3.8, 4) is 11.5 Å². The Bertz CT molecular complexity index is 672. The number of nitrogens with one attached hydrogen (secondary N) is 1. The van der Waals surface area contributed by atoms with Crippen LogP contribution < -0.4 is 14.8 Å². The number of amides is 1. The Morgan fingerprint density at radius 2 is 2.17 bits per heavy atom. The van der Waals surface area contributed by atoms with E-state index in [0.717, 1.165) is 17.1 Å². The number of rotatable bonds is 6. The average molecular weight is 332 g/mol. The first-order chi connectivity index (χ1) is 11.1. The van der Waals surface area contributed by atoms with Crippen LogP contribution in [0.25, 0.3) is 0 Å². The summed E-state index contributed by atoms with van der Waals surface area (Å²) in [6.45, 7) is 3.22. The van der Waals surface area contributed by atoms with Gasteiger partial charge in [0.25, 0.3) is 0 Å². The molecule has 2 heterocycles. The van der Waals surface area contributed by atoms with E-state index >= 15 is 0 Å². The summed E-state index contributed by atoms with van der Waals surface area (Å²) >= 11 is 1.71. The number of fused-ring (bicyclic) bond motifs is 1. The first-order valence-corrected chi connectivity index (χ1v) is 8.40. The predicted octanol–water partition coefficient (Wildman–Crippen LogP) is 2.79. The van der Waals surface area contributed by atoms with Crippen molar-refractivity contribution < 1.29 is 14.3 Å². The van der Waals surface area contributed by atoms with E-state index in [1.165, 1.54) is 4.88 Å². The van der Waals surface area contributed by atoms with Crippen molar-refractivity contribution in [1.82, 2.24) is 10.2 Å². The zero-order chi connectivity index (χ0) is 16.2. The van der Waals surface area contributed by atoms with E-state index in [4.69, 9.17) is 9.47 Å². The molecule has 0 fully saturated rings. The molecule has 0 saturated heterocycles. The van der Waals surface area contributed by atoms with Gasteiger partial charge in [-0.25, -0.2) is 0 Å². The topological polar surface area (TPSA) is 50.8 Å². The van der Waals surface area contributed by atoms with Gasteiger partial charge >= 0.3 is 0 Å². The van der Waals surface area contributed by atoms with E-state index < -0.39 is 0 Å². The van der Waals surface area contributed by atoms with Crippen LogP contribution in [-0.4, -0.2) is 31.2 Å². The van der Waals surface area contributed by atoms with Gasteiger partial charge in [-0.15, -0.1) is 11.3 Å². The van der Waals surface area contributed by atoms with Crippen LogP contribution in [0.15, 0.2) is 35.7 Å². The molecule has 3 rings (SSSR count). The van der Waals surface area contributed by atoms with Crippen LogP contribution in [-0.2, 0) is 11.3 Å². The number of thiophene rings is 1. The van der Waals surface area contributed by atoms with Gasteiger partial charge in [-0.3, -0.25) is 9.69 Å². The molecule has 5 nitrogen and oxygen atoms in total. The molecule has 0 saturated carbocycles. The molecule has 1 N–H and O–H groups in total. The van der Waals surface area contributed by atoms with Crippen molar-refractivity contribution in [2.45, 2.75) is 19.5 Å². The Hall–Kier alpha value is -2.05. The minimum Gasteiger partial charge on any atom is -0.454 e. The molecule has 0 aliphatic carbocycles.